The van der Waals surface area contributed by atoms with Gasteiger partial charge in [0.25, 0.3) is 5.91 Å². The molecule has 3 aliphatic rings. The predicted octanol–water partition coefficient (Wildman–Crippen LogP) is 3.41. The second-order valence-corrected chi connectivity index (χ2v) is 8.92. The first-order valence-electron chi connectivity index (χ1n) is 11.1. The van der Waals surface area contributed by atoms with Crippen molar-refractivity contribution < 1.29 is 31.9 Å². The molecule has 0 N–H and O–H groups in total. The molecule has 0 radical (unpaired) electrons. The third-order valence-electron chi connectivity index (χ3n) is 6.46. The highest BCUT2D eigenvalue weighted by Crippen LogP contribution is 2.38. The molecule has 2 aliphatic heterocycles. The van der Waals surface area contributed by atoms with Crippen LogP contribution in [-0.4, -0.2) is 63.4 Å². The summed E-state index contributed by atoms with van der Waals surface area (Å²) in [6.07, 6.45) is 0.721. The highest BCUT2D eigenvalue weighted by molar-refractivity contribution is 5.95. The van der Waals surface area contributed by atoms with Gasteiger partial charge in [-0.1, -0.05) is 0 Å². The van der Waals surface area contributed by atoms with Crippen LogP contribution < -0.4 is 4.74 Å². The van der Waals surface area contributed by atoms with Gasteiger partial charge < -0.3 is 14.5 Å². The number of fused-ring (bicyclic) bond motifs is 1. The SMILES string of the molecule is O=C(c1ccc(F)c(C(F)(F)F)c1)N1CCC(=O)N2C[C@@H](Oc3cnc(C4CC4)cn3)C[C@@H]2C1. The number of benzene rings is 1. The van der Waals surface area contributed by atoms with Crippen molar-refractivity contribution in [1.29, 1.82) is 0 Å². The van der Waals surface area contributed by atoms with Gasteiger partial charge in [0.2, 0.25) is 11.8 Å². The van der Waals surface area contributed by atoms with Crippen LogP contribution in [0.4, 0.5) is 17.6 Å². The summed E-state index contributed by atoms with van der Waals surface area (Å²) in [4.78, 5) is 37.3. The molecule has 2 aromatic rings. The van der Waals surface area contributed by atoms with Crippen molar-refractivity contribution in [2.45, 2.75) is 49.9 Å². The third-order valence-corrected chi connectivity index (χ3v) is 6.46. The van der Waals surface area contributed by atoms with E-state index in [4.69, 9.17) is 4.74 Å². The predicted molar refractivity (Wildman–Crippen MR) is 110 cm³/mol. The maximum atomic E-state index is 13.6. The van der Waals surface area contributed by atoms with E-state index in [2.05, 4.69) is 9.97 Å². The molecule has 3 heterocycles. The minimum atomic E-state index is -4.91. The summed E-state index contributed by atoms with van der Waals surface area (Å²) in [6, 6.07) is 1.85. The quantitative estimate of drug-likeness (QED) is 0.630. The van der Waals surface area contributed by atoms with Gasteiger partial charge in [0.05, 0.1) is 36.2 Å². The summed E-state index contributed by atoms with van der Waals surface area (Å²) in [5.41, 5.74) is -0.827. The summed E-state index contributed by atoms with van der Waals surface area (Å²) in [7, 11) is 0. The lowest BCUT2D eigenvalue weighted by Crippen LogP contribution is -2.40. The van der Waals surface area contributed by atoms with Crippen LogP contribution in [-0.2, 0) is 11.0 Å². The van der Waals surface area contributed by atoms with Crippen LogP contribution in [0.2, 0.25) is 0 Å². The number of halogens is 4. The van der Waals surface area contributed by atoms with Gasteiger partial charge in [-0.05, 0) is 31.0 Å². The van der Waals surface area contributed by atoms with Gasteiger partial charge >= 0.3 is 6.18 Å². The molecule has 1 saturated carbocycles. The van der Waals surface area contributed by atoms with Crippen molar-refractivity contribution in [3.05, 3.63) is 53.2 Å². The van der Waals surface area contributed by atoms with Gasteiger partial charge in [-0.3, -0.25) is 14.6 Å². The Hall–Kier alpha value is -3.24. The monoisotopic (exact) mass is 478 g/mol. The molecule has 2 atom stereocenters. The van der Waals surface area contributed by atoms with E-state index in [-0.39, 0.29) is 43.1 Å². The number of alkyl halides is 3. The van der Waals surface area contributed by atoms with Crippen molar-refractivity contribution in [3.63, 3.8) is 0 Å². The molecule has 180 valence electrons. The first kappa shape index (κ1) is 22.5. The molecular weight excluding hydrogens is 456 g/mol. The second kappa shape index (κ2) is 8.52. The molecule has 0 unspecified atom stereocenters. The molecule has 3 fully saturated rings. The molecule has 11 heteroatoms. The van der Waals surface area contributed by atoms with Crippen LogP contribution in [0.15, 0.2) is 30.6 Å². The van der Waals surface area contributed by atoms with E-state index in [1.54, 1.807) is 17.3 Å². The Morgan fingerprint density at radius 3 is 2.59 bits per heavy atom. The van der Waals surface area contributed by atoms with Crippen LogP contribution in [0.3, 0.4) is 0 Å². The fourth-order valence-electron chi connectivity index (χ4n) is 4.55. The minimum absolute atomic E-state index is 0.0399. The van der Waals surface area contributed by atoms with Gasteiger partial charge in [-0.15, -0.1) is 0 Å². The van der Waals surface area contributed by atoms with Gasteiger partial charge in [0, 0.05) is 37.4 Å². The first-order chi connectivity index (χ1) is 16.2. The Bertz CT molecular complexity index is 1100. The van der Waals surface area contributed by atoms with Crippen LogP contribution >= 0.6 is 0 Å². The highest BCUT2D eigenvalue weighted by Gasteiger charge is 2.41. The Morgan fingerprint density at radius 2 is 1.91 bits per heavy atom. The minimum Gasteiger partial charge on any atom is -0.471 e. The zero-order chi connectivity index (χ0) is 24.0. The molecule has 1 aromatic carbocycles. The molecule has 7 nitrogen and oxygen atoms in total. The topological polar surface area (TPSA) is 75.6 Å². The number of hydrogen-bond donors (Lipinski definition) is 0. The van der Waals surface area contributed by atoms with Crippen molar-refractivity contribution in [1.82, 2.24) is 19.8 Å². The van der Waals surface area contributed by atoms with Gasteiger partial charge in [-0.2, -0.15) is 13.2 Å². The van der Waals surface area contributed by atoms with Gasteiger partial charge in [0.1, 0.15) is 11.9 Å². The molecule has 34 heavy (non-hydrogen) atoms. The van der Waals surface area contributed by atoms with E-state index in [1.165, 1.54) is 4.90 Å². The number of carbonyl (C=O) groups is 2. The number of amides is 2. The summed E-state index contributed by atoms with van der Waals surface area (Å²) < 4.78 is 58.8. The summed E-state index contributed by atoms with van der Waals surface area (Å²) in [5, 5.41) is 0. The van der Waals surface area contributed by atoms with Crippen LogP contribution in [0.5, 0.6) is 5.88 Å². The number of aromatic nitrogens is 2. The molecular formula is C23H22F4N4O3. The van der Waals surface area contributed by atoms with Crippen LogP contribution in [0.1, 0.15) is 53.2 Å². The molecule has 1 aromatic heterocycles. The standard InChI is InChI=1S/C23H22F4N4O3/c24-18-4-3-14(7-17(18)23(25,26)27)22(33)30-6-5-21(32)31-12-16(8-15(31)11-30)34-20-10-28-19(9-29-20)13-1-2-13/h3-4,7,9-10,13,15-16H,1-2,5-6,8,11-12H2/t15-,16+/m1/s1. The zero-order valence-corrected chi connectivity index (χ0v) is 18.1. The molecule has 5 rings (SSSR count). The Balaban J connectivity index is 1.28. The Labute approximate surface area is 192 Å². The Kier molecular flexibility index (Phi) is 5.65. The van der Waals surface area contributed by atoms with E-state index in [0.717, 1.165) is 24.6 Å². The summed E-state index contributed by atoms with van der Waals surface area (Å²) >= 11 is 0. The highest BCUT2D eigenvalue weighted by atomic mass is 19.4. The summed E-state index contributed by atoms with van der Waals surface area (Å²) in [6.45, 7) is 0.546. The third kappa shape index (κ3) is 4.55. The van der Waals surface area contributed by atoms with E-state index >= 15 is 0 Å². The second-order valence-electron chi connectivity index (χ2n) is 8.92. The lowest BCUT2D eigenvalue weighted by atomic mass is 10.1. The van der Waals surface area contributed by atoms with Crippen LogP contribution in [0.25, 0.3) is 0 Å². The molecule has 1 aliphatic carbocycles. The van der Waals surface area contributed by atoms with Crippen molar-refractivity contribution in [2.75, 3.05) is 19.6 Å². The smallest absolute Gasteiger partial charge is 0.419 e. The summed E-state index contributed by atoms with van der Waals surface area (Å²) in [5.74, 6) is -1.44. The lowest BCUT2D eigenvalue weighted by molar-refractivity contribution is -0.140. The van der Waals surface area contributed by atoms with E-state index in [9.17, 15) is 27.2 Å². The number of hydrogen-bond acceptors (Lipinski definition) is 5. The maximum Gasteiger partial charge on any atom is 0.419 e. The zero-order valence-electron chi connectivity index (χ0n) is 18.1. The van der Waals surface area contributed by atoms with E-state index in [1.807, 2.05) is 0 Å². The largest absolute Gasteiger partial charge is 0.471 e. The van der Waals surface area contributed by atoms with E-state index in [0.29, 0.717) is 36.9 Å². The van der Waals surface area contributed by atoms with Crippen molar-refractivity contribution in [3.8, 4) is 5.88 Å². The first-order valence-corrected chi connectivity index (χ1v) is 11.1. The van der Waals surface area contributed by atoms with Crippen molar-refractivity contribution in [2.24, 2.45) is 0 Å². The number of ether oxygens (including phenoxy) is 1. The number of rotatable bonds is 4. The molecule has 2 saturated heterocycles. The number of carbonyl (C=O) groups excluding carboxylic acids is 2. The molecule has 0 spiro atoms. The average molecular weight is 478 g/mol. The van der Waals surface area contributed by atoms with Gasteiger partial charge in [-0.25, -0.2) is 9.37 Å². The Morgan fingerprint density at radius 1 is 1.12 bits per heavy atom. The normalized spacial score (nSPS) is 23.0. The van der Waals surface area contributed by atoms with E-state index < -0.39 is 23.5 Å². The molecule has 2 amide bonds. The fraction of sp³-hybridized carbons (Fsp3) is 0.478. The number of nitrogens with zero attached hydrogens (tertiary/aromatic N) is 4. The van der Waals surface area contributed by atoms with Crippen molar-refractivity contribution >= 4 is 11.8 Å². The maximum absolute atomic E-state index is 13.6. The van der Waals surface area contributed by atoms with Gasteiger partial charge in [0.15, 0.2) is 0 Å². The average Bonchev–Trinajstić information content (AvgIpc) is 3.59. The lowest BCUT2D eigenvalue weighted by Gasteiger charge is -2.25. The molecule has 0 bridgehead atoms. The fourth-order valence-corrected chi connectivity index (χ4v) is 4.55. The van der Waals surface area contributed by atoms with Crippen LogP contribution in [0, 0.1) is 5.82 Å².